The van der Waals surface area contributed by atoms with Crippen LogP contribution in [0, 0.1) is 0 Å². The minimum absolute atomic E-state index is 0.180. The molecule has 1 atom stereocenters. The van der Waals surface area contributed by atoms with Crippen LogP contribution in [0.4, 0.5) is 0 Å². The molecule has 0 spiro atoms. The van der Waals surface area contributed by atoms with Gasteiger partial charge in [0.2, 0.25) is 0 Å². The monoisotopic (exact) mass is 248 g/mol. The number of nitrogens with zero attached hydrogens (tertiary/aromatic N) is 1. The lowest BCUT2D eigenvalue weighted by Gasteiger charge is -2.01. The summed E-state index contributed by atoms with van der Waals surface area (Å²) in [5.74, 6) is 0.862. The van der Waals surface area contributed by atoms with Crippen molar-refractivity contribution in [3.63, 3.8) is 0 Å². The third-order valence-electron chi connectivity index (χ3n) is 2.41. The molecule has 0 amide bonds. The van der Waals surface area contributed by atoms with Crippen LogP contribution in [0.5, 0.6) is 5.75 Å². The first-order valence-electron chi connectivity index (χ1n) is 5.53. The largest absolute Gasteiger partial charge is 0.497 e. The Morgan fingerprint density at radius 1 is 1.35 bits per heavy atom. The average molecular weight is 248 g/mol. The van der Waals surface area contributed by atoms with Crippen molar-refractivity contribution in [1.82, 2.24) is 4.98 Å². The third-order valence-corrected chi connectivity index (χ3v) is 3.48. The molecule has 0 aliphatic rings. The van der Waals surface area contributed by atoms with E-state index in [1.54, 1.807) is 18.4 Å². The summed E-state index contributed by atoms with van der Waals surface area (Å²) in [6, 6.07) is 8.11. The van der Waals surface area contributed by atoms with Gasteiger partial charge in [-0.2, -0.15) is 0 Å². The number of methoxy groups -OCH3 is 1. The summed E-state index contributed by atoms with van der Waals surface area (Å²) in [5, 5.41) is 1.03. The van der Waals surface area contributed by atoms with Crippen LogP contribution in [0.1, 0.15) is 11.8 Å². The summed E-state index contributed by atoms with van der Waals surface area (Å²) in [6.45, 7) is 2.01. The minimum Gasteiger partial charge on any atom is -0.497 e. The highest BCUT2D eigenvalue weighted by Gasteiger charge is 2.06. The SMILES string of the molecule is COc1ccc(-c2ncc(CC(C)N)s2)cc1. The Kier molecular flexibility index (Phi) is 3.76. The van der Waals surface area contributed by atoms with Crippen molar-refractivity contribution in [2.75, 3.05) is 7.11 Å². The Labute approximate surface area is 105 Å². The molecule has 0 radical (unpaired) electrons. The maximum absolute atomic E-state index is 5.77. The van der Waals surface area contributed by atoms with Crippen molar-refractivity contribution in [2.45, 2.75) is 19.4 Å². The number of hydrogen-bond donors (Lipinski definition) is 1. The maximum atomic E-state index is 5.77. The third kappa shape index (κ3) is 3.05. The lowest BCUT2D eigenvalue weighted by atomic mass is 10.2. The first kappa shape index (κ1) is 12.1. The minimum atomic E-state index is 0.180. The number of aromatic nitrogens is 1. The van der Waals surface area contributed by atoms with Gasteiger partial charge in [0.05, 0.1) is 7.11 Å². The van der Waals surface area contributed by atoms with Gasteiger partial charge in [0, 0.05) is 22.7 Å². The zero-order chi connectivity index (χ0) is 12.3. The predicted octanol–water partition coefficient (Wildman–Crippen LogP) is 2.71. The molecule has 90 valence electrons. The summed E-state index contributed by atoms with van der Waals surface area (Å²) in [7, 11) is 1.67. The molecule has 3 nitrogen and oxygen atoms in total. The van der Waals surface area contributed by atoms with E-state index in [9.17, 15) is 0 Å². The van der Waals surface area contributed by atoms with E-state index >= 15 is 0 Å². The van der Waals surface area contributed by atoms with E-state index < -0.39 is 0 Å². The molecule has 0 fully saturated rings. The lowest BCUT2D eigenvalue weighted by Crippen LogP contribution is -2.16. The molecule has 0 aliphatic heterocycles. The molecule has 2 rings (SSSR count). The van der Waals surface area contributed by atoms with Crippen LogP contribution in [0.3, 0.4) is 0 Å². The number of rotatable bonds is 4. The van der Waals surface area contributed by atoms with Gasteiger partial charge in [-0.25, -0.2) is 4.98 Å². The average Bonchev–Trinajstić information content (AvgIpc) is 2.77. The fourth-order valence-corrected chi connectivity index (χ4v) is 2.65. The van der Waals surface area contributed by atoms with Gasteiger partial charge in [0.15, 0.2) is 0 Å². The Morgan fingerprint density at radius 2 is 2.06 bits per heavy atom. The second kappa shape index (κ2) is 5.29. The van der Waals surface area contributed by atoms with Gasteiger partial charge >= 0.3 is 0 Å². The Balaban J connectivity index is 2.18. The highest BCUT2D eigenvalue weighted by molar-refractivity contribution is 7.15. The fraction of sp³-hybridized carbons (Fsp3) is 0.308. The predicted molar refractivity (Wildman–Crippen MR) is 71.5 cm³/mol. The zero-order valence-electron chi connectivity index (χ0n) is 10.0. The molecule has 1 aromatic carbocycles. The Bertz CT molecular complexity index is 476. The lowest BCUT2D eigenvalue weighted by molar-refractivity contribution is 0.415. The van der Waals surface area contributed by atoms with Crippen molar-refractivity contribution in [2.24, 2.45) is 5.73 Å². The van der Waals surface area contributed by atoms with Crippen molar-refractivity contribution >= 4 is 11.3 Å². The van der Waals surface area contributed by atoms with Gasteiger partial charge in [-0.3, -0.25) is 0 Å². The molecule has 1 unspecified atom stereocenters. The molecule has 0 aliphatic carbocycles. The Hall–Kier alpha value is -1.39. The second-order valence-electron chi connectivity index (χ2n) is 4.04. The van der Waals surface area contributed by atoms with Crippen LogP contribution in [-0.2, 0) is 6.42 Å². The smallest absolute Gasteiger partial charge is 0.123 e. The quantitative estimate of drug-likeness (QED) is 0.905. The van der Waals surface area contributed by atoms with Gasteiger partial charge in [-0.1, -0.05) is 0 Å². The van der Waals surface area contributed by atoms with Crippen LogP contribution >= 0.6 is 11.3 Å². The number of hydrogen-bond acceptors (Lipinski definition) is 4. The first-order valence-corrected chi connectivity index (χ1v) is 6.35. The van der Waals surface area contributed by atoms with Crippen LogP contribution in [0.15, 0.2) is 30.5 Å². The summed E-state index contributed by atoms with van der Waals surface area (Å²) in [6.07, 6.45) is 2.79. The molecule has 0 bridgehead atoms. The van der Waals surface area contributed by atoms with Crippen LogP contribution < -0.4 is 10.5 Å². The van der Waals surface area contributed by atoms with Gasteiger partial charge in [0.1, 0.15) is 10.8 Å². The topological polar surface area (TPSA) is 48.1 Å². The van der Waals surface area contributed by atoms with Gasteiger partial charge < -0.3 is 10.5 Å². The second-order valence-corrected chi connectivity index (χ2v) is 5.16. The van der Waals surface area contributed by atoms with E-state index in [0.717, 1.165) is 22.7 Å². The van der Waals surface area contributed by atoms with Crippen LogP contribution in [0.25, 0.3) is 10.6 Å². The maximum Gasteiger partial charge on any atom is 0.123 e. The molecule has 0 saturated heterocycles. The van der Waals surface area contributed by atoms with Crippen molar-refractivity contribution < 1.29 is 4.74 Å². The molecule has 1 aromatic heterocycles. The highest BCUT2D eigenvalue weighted by atomic mass is 32.1. The summed E-state index contributed by atoms with van der Waals surface area (Å²) >= 11 is 1.70. The standard InChI is InChI=1S/C13H16N2OS/c1-9(14)7-12-8-15-13(17-12)10-3-5-11(16-2)6-4-10/h3-6,8-9H,7,14H2,1-2H3. The van der Waals surface area contributed by atoms with Gasteiger partial charge in [-0.15, -0.1) is 11.3 Å². The fourth-order valence-electron chi connectivity index (χ4n) is 1.59. The van der Waals surface area contributed by atoms with Crippen LogP contribution in [0.2, 0.25) is 0 Å². The zero-order valence-corrected chi connectivity index (χ0v) is 10.8. The van der Waals surface area contributed by atoms with Crippen molar-refractivity contribution in [1.29, 1.82) is 0 Å². The number of nitrogens with two attached hydrogens (primary N) is 1. The number of thiazole rings is 1. The van der Waals surface area contributed by atoms with Crippen molar-refractivity contribution in [3.8, 4) is 16.3 Å². The molecule has 0 saturated carbocycles. The summed E-state index contributed by atoms with van der Waals surface area (Å²) in [4.78, 5) is 5.64. The molecular weight excluding hydrogens is 232 g/mol. The molecular formula is C13H16N2OS. The van der Waals surface area contributed by atoms with E-state index in [1.807, 2.05) is 37.4 Å². The molecule has 17 heavy (non-hydrogen) atoms. The van der Waals surface area contributed by atoms with Crippen LogP contribution in [-0.4, -0.2) is 18.1 Å². The van der Waals surface area contributed by atoms with E-state index in [0.29, 0.717) is 0 Å². The summed E-state index contributed by atoms with van der Waals surface area (Å²) in [5.41, 5.74) is 6.89. The Morgan fingerprint density at radius 3 is 2.65 bits per heavy atom. The van der Waals surface area contributed by atoms with Gasteiger partial charge in [-0.05, 0) is 37.6 Å². The number of benzene rings is 1. The first-order chi connectivity index (χ1) is 8.19. The van der Waals surface area contributed by atoms with E-state index in [-0.39, 0.29) is 6.04 Å². The number of ether oxygens (including phenoxy) is 1. The molecule has 2 aromatic rings. The molecule has 2 N–H and O–H groups in total. The van der Waals surface area contributed by atoms with E-state index in [1.165, 1.54) is 4.88 Å². The molecule has 4 heteroatoms. The van der Waals surface area contributed by atoms with E-state index in [4.69, 9.17) is 10.5 Å². The highest BCUT2D eigenvalue weighted by Crippen LogP contribution is 2.27. The molecule has 1 heterocycles. The van der Waals surface area contributed by atoms with Gasteiger partial charge in [0.25, 0.3) is 0 Å². The normalized spacial score (nSPS) is 12.4. The van der Waals surface area contributed by atoms with Crippen molar-refractivity contribution in [3.05, 3.63) is 35.3 Å². The van der Waals surface area contributed by atoms with E-state index in [2.05, 4.69) is 4.98 Å². The summed E-state index contributed by atoms with van der Waals surface area (Å²) < 4.78 is 5.13.